The molecule has 222 valence electrons. The van der Waals surface area contributed by atoms with Gasteiger partial charge in [-0.3, -0.25) is 0 Å². The molecule has 0 amide bonds. The molecule has 2 heterocycles. The predicted octanol–water partition coefficient (Wildman–Crippen LogP) is 11.5. The second-order valence-electron chi connectivity index (χ2n) is 12.0. The van der Waals surface area contributed by atoms with E-state index in [1.807, 2.05) is 72.0 Å². The molecule has 0 N–H and O–H groups in total. The highest BCUT2D eigenvalue weighted by Gasteiger charge is 2.16. The van der Waals surface area contributed by atoms with Crippen LogP contribution in [0.5, 0.6) is 0 Å². The van der Waals surface area contributed by atoms with Crippen molar-refractivity contribution in [2.75, 3.05) is 0 Å². The first-order chi connectivity index (χ1) is 23.3. The molecule has 0 fully saturated rings. The summed E-state index contributed by atoms with van der Waals surface area (Å²) in [6.45, 7) is 0. The molecule has 0 saturated heterocycles. The summed E-state index contributed by atoms with van der Waals surface area (Å²) >= 11 is 1.89. The molecule has 0 spiro atoms. The van der Waals surface area contributed by atoms with E-state index in [9.17, 15) is 0 Å². The van der Waals surface area contributed by atoms with Gasteiger partial charge in [-0.05, 0) is 76.6 Å². The third kappa shape index (κ3) is 5.13. The molecule has 9 rings (SSSR count). The van der Waals surface area contributed by atoms with Crippen molar-refractivity contribution in [1.82, 2.24) is 15.0 Å². The molecule has 4 heteroatoms. The van der Waals surface area contributed by atoms with Crippen LogP contribution in [0, 0.1) is 0 Å². The van der Waals surface area contributed by atoms with Crippen molar-refractivity contribution in [1.29, 1.82) is 0 Å². The topological polar surface area (TPSA) is 38.7 Å². The lowest BCUT2D eigenvalue weighted by Gasteiger charge is -2.12. The molecule has 0 atom stereocenters. The van der Waals surface area contributed by atoms with Crippen molar-refractivity contribution in [2.45, 2.75) is 12.8 Å². The second-order valence-corrected chi connectivity index (χ2v) is 13.0. The van der Waals surface area contributed by atoms with Crippen LogP contribution < -0.4 is 0 Å². The highest BCUT2D eigenvalue weighted by atomic mass is 32.1. The van der Waals surface area contributed by atoms with Crippen LogP contribution in [0.2, 0.25) is 0 Å². The monoisotopic (exact) mass is 619 g/mol. The Labute approximate surface area is 277 Å². The van der Waals surface area contributed by atoms with Crippen LogP contribution in [0.15, 0.2) is 146 Å². The van der Waals surface area contributed by atoms with E-state index in [2.05, 4.69) is 91.0 Å². The lowest BCUT2D eigenvalue weighted by molar-refractivity contribution is 0.990. The number of rotatable bonds is 5. The van der Waals surface area contributed by atoms with Gasteiger partial charge in [0.15, 0.2) is 17.5 Å². The number of hydrogen-bond donors (Lipinski definition) is 0. The van der Waals surface area contributed by atoms with Crippen LogP contribution in [-0.2, 0) is 6.42 Å². The minimum atomic E-state index is 0.655. The number of thiophene rings is 1. The molecular formula is C43H29N3S. The fourth-order valence-electron chi connectivity index (χ4n) is 6.62. The molecule has 0 saturated carbocycles. The first kappa shape index (κ1) is 27.6. The number of aromatic nitrogens is 3. The number of aryl methyl sites for hydroxylation is 1. The maximum Gasteiger partial charge on any atom is 0.164 e. The SMILES string of the molecule is C1=Cc2c(ccc3sc4ccc(-c5cccc(-c6cccc(-c7nc(-c8ccccc8)nc(-c8ccccc8)n7)c6)c5)cc4c23)CC1. The summed E-state index contributed by atoms with van der Waals surface area (Å²) < 4.78 is 2.69. The third-order valence-electron chi connectivity index (χ3n) is 8.98. The van der Waals surface area contributed by atoms with Crippen LogP contribution in [0.4, 0.5) is 0 Å². The molecule has 0 aliphatic heterocycles. The Morgan fingerprint density at radius 3 is 1.64 bits per heavy atom. The fraction of sp³-hybridized carbons (Fsp3) is 0.0465. The second kappa shape index (κ2) is 11.6. The summed E-state index contributed by atoms with van der Waals surface area (Å²) in [5.41, 5.74) is 10.4. The van der Waals surface area contributed by atoms with Gasteiger partial charge >= 0.3 is 0 Å². The lowest BCUT2D eigenvalue weighted by Crippen LogP contribution is -2.00. The molecule has 8 aromatic rings. The van der Waals surface area contributed by atoms with Crippen molar-refractivity contribution < 1.29 is 0 Å². The molecule has 6 aromatic carbocycles. The lowest BCUT2D eigenvalue weighted by atomic mass is 9.92. The van der Waals surface area contributed by atoms with E-state index < -0.39 is 0 Å². The summed E-state index contributed by atoms with van der Waals surface area (Å²) in [6.07, 6.45) is 6.88. The highest BCUT2D eigenvalue weighted by Crippen LogP contribution is 2.41. The number of allylic oxidation sites excluding steroid dienone is 1. The van der Waals surface area contributed by atoms with E-state index in [0.717, 1.165) is 40.7 Å². The van der Waals surface area contributed by atoms with Gasteiger partial charge in [0.05, 0.1) is 0 Å². The summed E-state index contributed by atoms with van der Waals surface area (Å²) in [5.74, 6) is 1.98. The number of hydrogen-bond acceptors (Lipinski definition) is 4. The third-order valence-corrected chi connectivity index (χ3v) is 10.1. The van der Waals surface area contributed by atoms with Gasteiger partial charge in [0.25, 0.3) is 0 Å². The standard InChI is InChI=1S/C43H29N3S/c1-3-12-29(13-4-1)41-44-42(30-14-5-2-6-15-30)46-43(45-41)35-19-10-18-33(26-35)31-16-9-17-32(25-31)34-22-23-38-37(27-34)40-36-20-8-7-11-28(36)21-24-39(40)47-38/h1-6,8-10,12-27H,7,11H2. The van der Waals surface area contributed by atoms with Crippen molar-refractivity contribution in [3.05, 3.63) is 157 Å². The maximum atomic E-state index is 4.95. The quantitative estimate of drug-likeness (QED) is 0.192. The smallest absolute Gasteiger partial charge is 0.164 e. The predicted molar refractivity (Wildman–Crippen MR) is 197 cm³/mol. The molecule has 2 aromatic heterocycles. The number of fused-ring (bicyclic) bond motifs is 5. The summed E-state index contributed by atoms with van der Waals surface area (Å²) in [7, 11) is 0. The summed E-state index contributed by atoms with van der Waals surface area (Å²) in [6, 6.07) is 49.1. The normalized spacial score (nSPS) is 12.4. The Kier molecular flexibility index (Phi) is 6.80. The van der Waals surface area contributed by atoms with Crippen LogP contribution in [0.25, 0.3) is 82.7 Å². The van der Waals surface area contributed by atoms with Crippen molar-refractivity contribution >= 4 is 37.6 Å². The Bertz CT molecular complexity index is 2400. The summed E-state index contributed by atoms with van der Waals surface area (Å²) in [5, 5.41) is 2.74. The van der Waals surface area contributed by atoms with E-state index in [1.165, 1.54) is 42.4 Å². The van der Waals surface area contributed by atoms with E-state index in [-0.39, 0.29) is 0 Å². The number of nitrogens with zero attached hydrogens (tertiary/aromatic N) is 3. The van der Waals surface area contributed by atoms with Gasteiger partial charge in [-0.1, -0.05) is 121 Å². The minimum Gasteiger partial charge on any atom is -0.208 e. The van der Waals surface area contributed by atoms with Crippen LogP contribution in [0.1, 0.15) is 17.5 Å². The molecule has 47 heavy (non-hydrogen) atoms. The Hall–Kier alpha value is -5.71. The highest BCUT2D eigenvalue weighted by molar-refractivity contribution is 7.25. The van der Waals surface area contributed by atoms with Gasteiger partial charge < -0.3 is 0 Å². The molecule has 0 bridgehead atoms. The minimum absolute atomic E-state index is 0.655. The van der Waals surface area contributed by atoms with Gasteiger partial charge in [0.2, 0.25) is 0 Å². The van der Waals surface area contributed by atoms with Crippen LogP contribution >= 0.6 is 11.3 Å². The van der Waals surface area contributed by atoms with Crippen molar-refractivity contribution in [2.24, 2.45) is 0 Å². The fourth-order valence-corrected chi connectivity index (χ4v) is 7.72. The molecule has 1 aliphatic rings. The summed E-state index contributed by atoms with van der Waals surface area (Å²) in [4.78, 5) is 14.8. The zero-order valence-corrected chi connectivity index (χ0v) is 26.4. The Balaban J connectivity index is 1.12. The zero-order chi connectivity index (χ0) is 31.2. The largest absolute Gasteiger partial charge is 0.208 e. The van der Waals surface area contributed by atoms with Gasteiger partial charge in [0.1, 0.15) is 0 Å². The maximum absolute atomic E-state index is 4.95. The van der Waals surface area contributed by atoms with Crippen molar-refractivity contribution in [3.63, 3.8) is 0 Å². The van der Waals surface area contributed by atoms with E-state index in [1.54, 1.807) is 0 Å². The van der Waals surface area contributed by atoms with E-state index in [4.69, 9.17) is 15.0 Å². The number of benzene rings is 6. The van der Waals surface area contributed by atoms with Gasteiger partial charge in [-0.15, -0.1) is 11.3 Å². The average molecular weight is 620 g/mol. The van der Waals surface area contributed by atoms with Crippen LogP contribution in [-0.4, -0.2) is 15.0 Å². The Morgan fingerprint density at radius 2 is 0.979 bits per heavy atom. The molecule has 0 unspecified atom stereocenters. The van der Waals surface area contributed by atoms with Gasteiger partial charge in [0, 0.05) is 36.9 Å². The molecule has 3 nitrogen and oxygen atoms in total. The molecule has 0 radical (unpaired) electrons. The Morgan fingerprint density at radius 1 is 0.447 bits per heavy atom. The van der Waals surface area contributed by atoms with Crippen molar-refractivity contribution in [3.8, 4) is 56.4 Å². The van der Waals surface area contributed by atoms with Crippen LogP contribution in [0.3, 0.4) is 0 Å². The van der Waals surface area contributed by atoms with E-state index >= 15 is 0 Å². The molecular weight excluding hydrogens is 591 g/mol. The first-order valence-electron chi connectivity index (χ1n) is 16.0. The van der Waals surface area contributed by atoms with Gasteiger partial charge in [-0.25, -0.2) is 15.0 Å². The van der Waals surface area contributed by atoms with Gasteiger partial charge in [-0.2, -0.15) is 0 Å². The van der Waals surface area contributed by atoms with E-state index in [0.29, 0.717) is 17.5 Å². The molecule has 1 aliphatic carbocycles. The zero-order valence-electron chi connectivity index (χ0n) is 25.6. The average Bonchev–Trinajstić information content (AvgIpc) is 3.54. The first-order valence-corrected chi connectivity index (χ1v) is 16.8.